The molecule has 1 atom stereocenters. The summed E-state index contributed by atoms with van der Waals surface area (Å²) in [6.45, 7) is 3.71. The summed E-state index contributed by atoms with van der Waals surface area (Å²) in [7, 11) is 1.62. The van der Waals surface area contributed by atoms with Crippen LogP contribution in [0.4, 0.5) is 0 Å². The first-order valence-corrected chi connectivity index (χ1v) is 8.63. The molecule has 0 aliphatic carbocycles. The minimum absolute atomic E-state index is 0.196. The van der Waals surface area contributed by atoms with E-state index < -0.39 is 0 Å². The summed E-state index contributed by atoms with van der Waals surface area (Å²) in [4.78, 5) is 17.4. The van der Waals surface area contributed by atoms with E-state index in [4.69, 9.17) is 4.74 Å². The van der Waals surface area contributed by atoms with E-state index in [2.05, 4.69) is 20.5 Å². The van der Waals surface area contributed by atoms with Crippen molar-refractivity contribution in [1.29, 1.82) is 0 Å². The molecule has 7 nitrogen and oxygen atoms in total. The van der Waals surface area contributed by atoms with Gasteiger partial charge in [-0.1, -0.05) is 6.07 Å². The number of nitrogens with one attached hydrogen (secondary N) is 1. The van der Waals surface area contributed by atoms with Gasteiger partial charge in [-0.05, 0) is 44.2 Å². The molecule has 27 heavy (non-hydrogen) atoms. The summed E-state index contributed by atoms with van der Waals surface area (Å²) in [6, 6.07) is 12.8. The molecule has 0 aliphatic rings. The lowest BCUT2D eigenvalue weighted by molar-refractivity contribution is 0.0937. The lowest BCUT2D eigenvalue weighted by Gasteiger charge is -2.14. The average Bonchev–Trinajstić information content (AvgIpc) is 3.11. The van der Waals surface area contributed by atoms with Crippen LogP contribution < -0.4 is 10.1 Å². The summed E-state index contributed by atoms with van der Waals surface area (Å²) in [5, 5.41) is 12.2. The zero-order valence-corrected chi connectivity index (χ0v) is 15.3. The predicted molar refractivity (Wildman–Crippen MR) is 102 cm³/mol. The highest BCUT2D eigenvalue weighted by molar-refractivity contribution is 5.99. The van der Waals surface area contributed by atoms with Crippen molar-refractivity contribution in [3.05, 3.63) is 65.7 Å². The fourth-order valence-electron chi connectivity index (χ4n) is 3.09. The molecule has 0 fully saturated rings. The number of nitrogens with zero attached hydrogens (tertiary/aromatic N) is 4. The molecule has 136 valence electrons. The molecule has 1 amide bonds. The Balaban J connectivity index is 1.63. The van der Waals surface area contributed by atoms with Crippen LogP contribution in [0.1, 0.15) is 34.8 Å². The van der Waals surface area contributed by atoms with E-state index in [1.807, 2.05) is 66.9 Å². The third-order valence-corrected chi connectivity index (χ3v) is 4.54. The smallest absolute Gasteiger partial charge is 0.253 e. The number of hydrogen-bond acceptors (Lipinski definition) is 5. The second-order valence-electron chi connectivity index (χ2n) is 6.36. The van der Waals surface area contributed by atoms with Crippen molar-refractivity contribution in [3.8, 4) is 5.75 Å². The summed E-state index contributed by atoms with van der Waals surface area (Å²) >= 11 is 0. The number of benzene rings is 1. The Kier molecular flexibility index (Phi) is 4.19. The summed E-state index contributed by atoms with van der Waals surface area (Å²) in [5.41, 5.74) is 2.73. The van der Waals surface area contributed by atoms with Crippen LogP contribution >= 0.6 is 0 Å². The van der Waals surface area contributed by atoms with Crippen molar-refractivity contribution < 1.29 is 9.53 Å². The number of hydrogen-bond donors (Lipinski definition) is 1. The number of aromatic nitrogens is 4. The number of amides is 1. The molecule has 3 aromatic heterocycles. The first-order chi connectivity index (χ1) is 13.1. The Morgan fingerprint density at radius 1 is 1.19 bits per heavy atom. The van der Waals surface area contributed by atoms with Crippen LogP contribution in [-0.2, 0) is 0 Å². The second-order valence-corrected chi connectivity index (χ2v) is 6.36. The molecule has 7 heteroatoms. The van der Waals surface area contributed by atoms with Crippen LogP contribution in [0.3, 0.4) is 0 Å². The topological polar surface area (TPSA) is 81.4 Å². The highest BCUT2D eigenvalue weighted by Gasteiger charge is 2.18. The molecule has 4 rings (SSSR count). The van der Waals surface area contributed by atoms with Gasteiger partial charge in [0.05, 0.1) is 29.9 Å². The molecule has 3 heterocycles. The van der Waals surface area contributed by atoms with Crippen LogP contribution in [0, 0.1) is 6.92 Å². The normalized spacial score (nSPS) is 12.3. The maximum Gasteiger partial charge on any atom is 0.253 e. The maximum atomic E-state index is 12.8. The lowest BCUT2D eigenvalue weighted by atomic mass is 10.1. The van der Waals surface area contributed by atoms with Crippen LogP contribution in [0.2, 0.25) is 0 Å². The summed E-state index contributed by atoms with van der Waals surface area (Å²) in [6.07, 6.45) is 1.88. The Bertz CT molecular complexity index is 1150. The highest BCUT2D eigenvalue weighted by Crippen LogP contribution is 2.22. The minimum atomic E-state index is -0.305. The van der Waals surface area contributed by atoms with Crippen LogP contribution in [0.5, 0.6) is 5.75 Å². The van der Waals surface area contributed by atoms with Crippen molar-refractivity contribution in [2.45, 2.75) is 19.9 Å². The van der Waals surface area contributed by atoms with E-state index >= 15 is 0 Å². The zero-order chi connectivity index (χ0) is 19.0. The van der Waals surface area contributed by atoms with Gasteiger partial charge in [0.15, 0.2) is 11.5 Å². The summed E-state index contributed by atoms with van der Waals surface area (Å²) < 4.78 is 7.10. The molecule has 1 N–H and O–H groups in total. The fraction of sp³-hybridized carbons (Fsp3) is 0.200. The van der Waals surface area contributed by atoms with Crippen LogP contribution in [0.25, 0.3) is 16.6 Å². The van der Waals surface area contributed by atoms with Crippen molar-refractivity contribution in [1.82, 2.24) is 24.9 Å². The molecule has 1 unspecified atom stereocenters. The molecule has 0 spiro atoms. The Morgan fingerprint density at radius 2 is 2.04 bits per heavy atom. The number of methoxy groups -OCH3 is 1. The molecule has 0 aliphatic heterocycles. The quantitative estimate of drug-likeness (QED) is 0.604. The van der Waals surface area contributed by atoms with E-state index in [-0.39, 0.29) is 11.9 Å². The van der Waals surface area contributed by atoms with Gasteiger partial charge in [0.2, 0.25) is 0 Å². The number of carbonyl (C=O) groups is 1. The van der Waals surface area contributed by atoms with Crippen molar-refractivity contribution in [2.75, 3.05) is 7.11 Å². The van der Waals surface area contributed by atoms with E-state index in [9.17, 15) is 4.79 Å². The van der Waals surface area contributed by atoms with Crippen molar-refractivity contribution in [2.24, 2.45) is 0 Å². The van der Waals surface area contributed by atoms with Gasteiger partial charge < -0.3 is 10.1 Å². The SMILES string of the molecule is COc1ccc2cc(C(=O)NC(C)c3nnc4ccccn34)c(C)nc2c1. The Morgan fingerprint density at radius 3 is 2.85 bits per heavy atom. The molecule has 0 radical (unpaired) electrons. The van der Waals surface area contributed by atoms with Gasteiger partial charge in [0.25, 0.3) is 5.91 Å². The standard InChI is InChI=1S/C20H19N5O2/c1-12-16(10-14-7-8-15(27-3)11-17(14)21-12)20(26)22-13(2)19-24-23-18-6-4-5-9-25(18)19/h4-11,13H,1-3H3,(H,22,26). The number of ether oxygens (including phenoxy) is 1. The minimum Gasteiger partial charge on any atom is -0.497 e. The number of pyridine rings is 2. The molecular weight excluding hydrogens is 342 g/mol. The average molecular weight is 361 g/mol. The van der Waals surface area contributed by atoms with Crippen LogP contribution in [0.15, 0.2) is 48.7 Å². The first kappa shape index (κ1) is 17.0. The number of rotatable bonds is 4. The first-order valence-electron chi connectivity index (χ1n) is 8.63. The van der Waals surface area contributed by atoms with Crippen molar-refractivity contribution >= 4 is 22.5 Å². The van der Waals surface area contributed by atoms with E-state index in [0.29, 0.717) is 17.1 Å². The second kappa shape index (κ2) is 6.68. The number of carbonyl (C=O) groups excluding carboxylic acids is 1. The Labute approximate surface area is 156 Å². The lowest BCUT2D eigenvalue weighted by Crippen LogP contribution is -2.28. The van der Waals surface area contributed by atoms with Gasteiger partial charge in [-0.25, -0.2) is 0 Å². The van der Waals surface area contributed by atoms with E-state index in [1.165, 1.54) is 0 Å². The van der Waals surface area contributed by atoms with Gasteiger partial charge in [-0.15, -0.1) is 10.2 Å². The summed E-state index contributed by atoms with van der Waals surface area (Å²) in [5.74, 6) is 1.21. The van der Waals surface area contributed by atoms with E-state index in [1.54, 1.807) is 7.11 Å². The molecule has 0 saturated carbocycles. The van der Waals surface area contributed by atoms with Gasteiger partial charge in [0, 0.05) is 17.6 Å². The molecule has 4 aromatic rings. The third-order valence-electron chi connectivity index (χ3n) is 4.54. The van der Waals surface area contributed by atoms with E-state index in [0.717, 1.165) is 22.3 Å². The molecule has 0 saturated heterocycles. The zero-order valence-electron chi connectivity index (χ0n) is 15.3. The largest absolute Gasteiger partial charge is 0.497 e. The highest BCUT2D eigenvalue weighted by atomic mass is 16.5. The Hall–Kier alpha value is -3.48. The third kappa shape index (κ3) is 3.08. The maximum absolute atomic E-state index is 12.8. The molecule has 0 bridgehead atoms. The van der Waals surface area contributed by atoms with Gasteiger partial charge >= 0.3 is 0 Å². The predicted octanol–water partition coefficient (Wildman–Crippen LogP) is 3.09. The number of aryl methyl sites for hydroxylation is 1. The number of fused-ring (bicyclic) bond motifs is 2. The molecule has 1 aromatic carbocycles. The van der Waals surface area contributed by atoms with Gasteiger partial charge in [-0.2, -0.15) is 0 Å². The monoisotopic (exact) mass is 361 g/mol. The molecular formula is C20H19N5O2. The van der Waals surface area contributed by atoms with Gasteiger partial charge in [0.1, 0.15) is 5.75 Å². The van der Waals surface area contributed by atoms with Gasteiger partial charge in [-0.3, -0.25) is 14.2 Å². The fourth-order valence-corrected chi connectivity index (χ4v) is 3.09. The van der Waals surface area contributed by atoms with Crippen molar-refractivity contribution in [3.63, 3.8) is 0 Å². The van der Waals surface area contributed by atoms with Crippen LogP contribution in [-0.4, -0.2) is 32.6 Å².